The number of carbonyl (C=O) groups excluding carboxylic acids is 1. The third-order valence-electron chi connectivity index (χ3n) is 1.31. The summed E-state index contributed by atoms with van der Waals surface area (Å²) < 4.78 is 0. The van der Waals surface area contributed by atoms with Gasteiger partial charge in [0.15, 0.2) is 0 Å². The standard InChI is InChI=1S/C7H6Cl2N2O/c1-10-7(12)4-2-11-3-5(8)6(4)9/h2-3H,1H3,(H,10,12). The summed E-state index contributed by atoms with van der Waals surface area (Å²) in [5.74, 6) is -0.296. The summed E-state index contributed by atoms with van der Waals surface area (Å²) in [4.78, 5) is 14.8. The van der Waals surface area contributed by atoms with Crippen LogP contribution in [0.15, 0.2) is 12.4 Å². The van der Waals surface area contributed by atoms with E-state index < -0.39 is 0 Å². The van der Waals surface area contributed by atoms with Gasteiger partial charge in [0.2, 0.25) is 0 Å². The zero-order valence-corrected chi connectivity index (χ0v) is 7.78. The van der Waals surface area contributed by atoms with Crippen molar-refractivity contribution >= 4 is 29.1 Å². The Morgan fingerprint density at radius 1 is 1.50 bits per heavy atom. The highest BCUT2D eigenvalue weighted by Gasteiger charge is 2.10. The number of rotatable bonds is 1. The van der Waals surface area contributed by atoms with Gasteiger partial charge in [-0.15, -0.1) is 0 Å². The fourth-order valence-corrected chi connectivity index (χ4v) is 1.05. The van der Waals surface area contributed by atoms with Crippen molar-refractivity contribution in [2.75, 3.05) is 7.05 Å². The molecule has 0 saturated carbocycles. The first-order chi connectivity index (χ1) is 5.66. The van der Waals surface area contributed by atoms with Crippen molar-refractivity contribution in [3.63, 3.8) is 0 Å². The molecule has 0 aliphatic rings. The van der Waals surface area contributed by atoms with E-state index >= 15 is 0 Å². The van der Waals surface area contributed by atoms with E-state index in [9.17, 15) is 4.79 Å². The molecule has 1 aromatic rings. The zero-order valence-electron chi connectivity index (χ0n) is 6.27. The van der Waals surface area contributed by atoms with Gasteiger partial charge in [-0.25, -0.2) is 0 Å². The summed E-state index contributed by atoms with van der Waals surface area (Å²) in [5, 5.41) is 2.93. The number of nitrogens with zero attached hydrogens (tertiary/aromatic N) is 1. The molecule has 0 atom stereocenters. The van der Waals surface area contributed by atoms with Crippen molar-refractivity contribution in [3.05, 3.63) is 28.0 Å². The molecular weight excluding hydrogens is 199 g/mol. The molecule has 0 saturated heterocycles. The molecule has 1 N–H and O–H groups in total. The lowest BCUT2D eigenvalue weighted by molar-refractivity contribution is 0.0963. The van der Waals surface area contributed by atoms with Gasteiger partial charge in [-0.3, -0.25) is 9.78 Å². The smallest absolute Gasteiger partial charge is 0.254 e. The van der Waals surface area contributed by atoms with Gasteiger partial charge >= 0.3 is 0 Å². The Balaban J connectivity index is 3.16. The number of pyridine rings is 1. The van der Waals surface area contributed by atoms with Crippen LogP contribution in [0.1, 0.15) is 10.4 Å². The van der Waals surface area contributed by atoms with Crippen molar-refractivity contribution in [2.24, 2.45) is 0 Å². The Morgan fingerprint density at radius 2 is 2.17 bits per heavy atom. The fourth-order valence-electron chi connectivity index (χ4n) is 0.712. The summed E-state index contributed by atoms with van der Waals surface area (Å²) in [6, 6.07) is 0. The van der Waals surface area contributed by atoms with Crippen LogP contribution in [0.5, 0.6) is 0 Å². The molecule has 0 unspecified atom stereocenters. The predicted octanol–water partition coefficient (Wildman–Crippen LogP) is 1.75. The molecule has 0 spiro atoms. The Bertz CT molecular complexity index is 314. The van der Waals surface area contributed by atoms with E-state index in [-0.39, 0.29) is 21.5 Å². The minimum absolute atomic E-state index is 0.228. The highest BCUT2D eigenvalue weighted by Crippen LogP contribution is 2.23. The summed E-state index contributed by atoms with van der Waals surface area (Å²) in [5.41, 5.74) is 0.284. The Morgan fingerprint density at radius 3 is 2.75 bits per heavy atom. The van der Waals surface area contributed by atoms with Crippen molar-refractivity contribution < 1.29 is 4.79 Å². The SMILES string of the molecule is CNC(=O)c1cncc(Cl)c1Cl. The van der Waals surface area contributed by atoms with Crippen LogP contribution in [0.4, 0.5) is 0 Å². The topological polar surface area (TPSA) is 42.0 Å². The summed E-state index contributed by atoms with van der Waals surface area (Å²) in [7, 11) is 1.51. The maximum Gasteiger partial charge on any atom is 0.254 e. The molecule has 0 aromatic carbocycles. The van der Waals surface area contributed by atoms with Gasteiger partial charge < -0.3 is 5.32 Å². The normalized spacial score (nSPS) is 9.58. The first-order valence-corrected chi connectivity index (χ1v) is 3.93. The minimum Gasteiger partial charge on any atom is -0.355 e. The first kappa shape index (κ1) is 9.29. The lowest BCUT2D eigenvalue weighted by atomic mass is 10.3. The molecular formula is C7H6Cl2N2O. The number of carbonyl (C=O) groups is 1. The number of hydrogen-bond donors (Lipinski definition) is 1. The van der Waals surface area contributed by atoms with Crippen LogP contribution in [-0.4, -0.2) is 17.9 Å². The molecule has 1 amide bonds. The molecule has 1 heterocycles. The van der Waals surface area contributed by atoms with Crippen LogP contribution < -0.4 is 5.32 Å². The van der Waals surface area contributed by atoms with E-state index in [1.807, 2.05) is 0 Å². The first-order valence-electron chi connectivity index (χ1n) is 3.18. The Kier molecular flexibility index (Phi) is 2.89. The Hall–Kier alpha value is -0.800. The van der Waals surface area contributed by atoms with Crippen LogP contribution in [0.2, 0.25) is 10.0 Å². The van der Waals surface area contributed by atoms with Crippen LogP contribution >= 0.6 is 23.2 Å². The van der Waals surface area contributed by atoms with E-state index in [2.05, 4.69) is 10.3 Å². The highest BCUT2D eigenvalue weighted by molar-refractivity contribution is 6.43. The summed E-state index contributed by atoms with van der Waals surface area (Å²) in [6.07, 6.45) is 2.75. The quantitative estimate of drug-likeness (QED) is 0.758. The molecule has 0 aliphatic heterocycles. The van der Waals surface area contributed by atoms with Crippen LogP contribution in [0, 0.1) is 0 Å². The van der Waals surface area contributed by atoms with Gasteiger partial charge in [0.05, 0.1) is 15.6 Å². The zero-order chi connectivity index (χ0) is 9.14. The van der Waals surface area contributed by atoms with Crippen molar-refractivity contribution in [1.82, 2.24) is 10.3 Å². The molecule has 64 valence electrons. The van der Waals surface area contributed by atoms with Crippen molar-refractivity contribution in [2.45, 2.75) is 0 Å². The average Bonchev–Trinajstić information content (AvgIpc) is 2.08. The number of halogens is 2. The molecule has 0 radical (unpaired) electrons. The van der Waals surface area contributed by atoms with Crippen LogP contribution in [0.3, 0.4) is 0 Å². The van der Waals surface area contributed by atoms with E-state index in [0.29, 0.717) is 0 Å². The van der Waals surface area contributed by atoms with Gasteiger partial charge in [0.1, 0.15) is 0 Å². The predicted molar refractivity (Wildman–Crippen MR) is 47.6 cm³/mol. The van der Waals surface area contributed by atoms with Gasteiger partial charge in [0, 0.05) is 19.4 Å². The second kappa shape index (κ2) is 3.74. The second-order valence-corrected chi connectivity index (χ2v) is 2.85. The summed E-state index contributed by atoms with van der Waals surface area (Å²) >= 11 is 11.4. The highest BCUT2D eigenvalue weighted by atomic mass is 35.5. The van der Waals surface area contributed by atoms with E-state index in [0.717, 1.165) is 0 Å². The summed E-state index contributed by atoms with van der Waals surface area (Å²) in [6.45, 7) is 0. The van der Waals surface area contributed by atoms with Gasteiger partial charge in [-0.05, 0) is 0 Å². The third kappa shape index (κ3) is 1.68. The molecule has 1 rings (SSSR count). The fraction of sp³-hybridized carbons (Fsp3) is 0.143. The molecule has 1 aromatic heterocycles. The number of nitrogens with one attached hydrogen (secondary N) is 1. The van der Waals surface area contributed by atoms with Crippen molar-refractivity contribution in [3.8, 4) is 0 Å². The number of amides is 1. The maximum absolute atomic E-state index is 11.1. The molecule has 12 heavy (non-hydrogen) atoms. The number of aromatic nitrogens is 1. The average molecular weight is 205 g/mol. The Labute approximate surface area is 79.7 Å². The molecule has 3 nitrogen and oxygen atoms in total. The molecule has 0 fully saturated rings. The minimum atomic E-state index is -0.296. The number of hydrogen-bond acceptors (Lipinski definition) is 2. The second-order valence-electron chi connectivity index (χ2n) is 2.06. The maximum atomic E-state index is 11.1. The van der Waals surface area contributed by atoms with Gasteiger partial charge in [0.25, 0.3) is 5.91 Å². The van der Waals surface area contributed by atoms with Crippen LogP contribution in [-0.2, 0) is 0 Å². The van der Waals surface area contributed by atoms with E-state index in [4.69, 9.17) is 23.2 Å². The molecule has 0 bridgehead atoms. The third-order valence-corrected chi connectivity index (χ3v) is 2.10. The lowest BCUT2D eigenvalue weighted by Crippen LogP contribution is -2.18. The monoisotopic (exact) mass is 204 g/mol. The molecule has 5 heteroatoms. The van der Waals surface area contributed by atoms with E-state index in [1.165, 1.54) is 19.4 Å². The van der Waals surface area contributed by atoms with Gasteiger partial charge in [-0.2, -0.15) is 0 Å². The van der Waals surface area contributed by atoms with E-state index in [1.54, 1.807) is 0 Å². The largest absolute Gasteiger partial charge is 0.355 e. The van der Waals surface area contributed by atoms with Gasteiger partial charge in [-0.1, -0.05) is 23.2 Å². The lowest BCUT2D eigenvalue weighted by Gasteiger charge is -2.01. The van der Waals surface area contributed by atoms with Crippen LogP contribution in [0.25, 0.3) is 0 Å². The van der Waals surface area contributed by atoms with Crippen molar-refractivity contribution in [1.29, 1.82) is 0 Å². The molecule has 0 aliphatic carbocycles.